The molecule has 1 amide bonds. The fourth-order valence-corrected chi connectivity index (χ4v) is 2.23. The molecule has 1 unspecified atom stereocenters. The summed E-state index contributed by atoms with van der Waals surface area (Å²) in [6.07, 6.45) is 0.336. The number of carboxylic acids is 1. The maximum absolute atomic E-state index is 13.1. The molecule has 1 atom stereocenters. The van der Waals surface area contributed by atoms with Gasteiger partial charge < -0.3 is 10.0 Å². The van der Waals surface area contributed by atoms with Crippen LogP contribution < -0.4 is 0 Å². The molecule has 0 bridgehead atoms. The van der Waals surface area contributed by atoms with Crippen molar-refractivity contribution in [2.24, 2.45) is 5.92 Å². The monoisotopic (exact) mass is 289 g/mol. The third kappa shape index (κ3) is 2.68. The topological polar surface area (TPSA) is 57.6 Å². The Morgan fingerprint density at radius 3 is 2.53 bits per heavy atom. The third-order valence-electron chi connectivity index (χ3n) is 3.07. The van der Waals surface area contributed by atoms with Crippen molar-refractivity contribution in [2.45, 2.75) is 6.42 Å². The molecule has 102 valence electrons. The van der Waals surface area contributed by atoms with Gasteiger partial charge in [-0.05, 0) is 18.6 Å². The van der Waals surface area contributed by atoms with Crippen LogP contribution in [0.5, 0.6) is 0 Å². The predicted molar refractivity (Wildman–Crippen MR) is 63.0 cm³/mol. The maximum atomic E-state index is 13.1. The zero-order valence-electron chi connectivity index (χ0n) is 9.70. The van der Waals surface area contributed by atoms with Crippen LogP contribution >= 0.6 is 11.6 Å². The van der Waals surface area contributed by atoms with Gasteiger partial charge >= 0.3 is 5.97 Å². The smallest absolute Gasteiger partial charge is 0.308 e. The lowest BCUT2D eigenvalue weighted by Gasteiger charge is -2.16. The summed E-state index contributed by atoms with van der Waals surface area (Å²) < 4.78 is 26.0. The normalized spacial score (nSPS) is 18.7. The fraction of sp³-hybridized carbons (Fsp3) is 0.333. The van der Waals surface area contributed by atoms with Gasteiger partial charge in [0.15, 0.2) is 11.6 Å². The van der Waals surface area contributed by atoms with Crippen LogP contribution in [-0.4, -0.2) is 35.0 Å². The standard InChI is InChI=1S/C12H10ClF2NO3/c13-8-4-10(15)9(14)3-7(8)11(17)16-2-1-6(5-16)12(18)19/h3-4,6H,1-2,5H2,(H,18,19). The Bertz CT molecular complexity index is 550. The second kappa shape index (κ2) is 5.13. The molecule has 1 heterocycles. The Hall–Kier alpha value is -1.69. The molecule has 0 aromatic heterocycles. The highest BCUT2D eigenvalue weighted by atomic mass is 35.5. The highest BCUT2D eigenvalue weighted by Gasteiger charge is 2.32. The van der Waals surface area contributed by atoms with Gasteiger partial charge in [0.2, 0.25) is 0 Å². The van der Waals surface area contributed by atoms with Crippen molar-refractivity contribution in [2.75, 3.05) is 13.1 Å². The lowest BCUT2D eigenvalue weighted by Crippen LogP contribution is -2.30. The van der Waals surface area contributed by atoms with E-state index in [0.29, 0.717) is 6.42 Å². The van der Waals surface area contributed by atoms with Gasteiger partial charge in [0.25, 0.3) is 5.91 Å². The van der Waals surface area contributed by atoms with Gasteiger partial charge in [-0.2, -0.15) is 0 Å². The van der Waals surface area contributed by atoms with Gasteiger partial charge in [0.1, 0.15) is 0 Å². The minimum Gasteiger partial charge on any atom is -0.481 e. The molecular formula is C12H10ClF2NO3. The first-order chi connectivity index (χ1) is 8.90. The van der Waals surface area contributed by atoms with Crippen molar-refractivity contribution in [3.63, 3.8) is 0 Å². The van der Waals surface area contributed by atoms with Crippen LogP contribution in [0.1, 0.15) is 16.8 Å². The van der Waals surface area contributed by atoms with Crippen LogP contribution in [0, 0.1) is 17.6 Å². The van der Waals surface area contributed by atoms with E-state index in [9.17, 15) is 18.4 Å². The van der Waals surface area contributed by atoms with Crippen molar-refractivity contribution in [3.05, 3.63) is 34.4 Å². The van der Waals surface area contributed by atoms with Gasteiger partial charge in [-0.1, -0.05) is 11.6 Å². The van der Waals surface area contributed by atoms with Crippen LogP contribution in [0.15, 0.2) is 12.1 Å². The number of benzene rings is 1. The van der Waals surface area contributed by atoms with Crippen molar-refractivity contribution >= 4 is 23.5 Å². The van der Waals surface area contributed by atoms with Crippen LogP contribution in [-0.2, 0) is 4.79 Å². The lowest BCUT2D eigenvalue weighted by atomic mass is 10.1. The zero-order chi connectivity index (χ0) is 14.2. The number of rotatable bonds is 2. The quantitative estimate of drug-likeness (QED) is 0.849. The number of likely N-dealkylation sites (tertiary alicyclic amines) is 1. The average Bonchev–Trinajstić information content (AvgIpc) is 2.82. The number of hydrogen-bond acceptors (Lipinski definition) is 2. The van der Waals surface area contributed by atoms with E-state index in [0.717, 1.165) is 12.1 Å². The Labute approximate surface area is 112 Å². The largest absolute Gasteiger partial charge is 0.481 e. The summed E-state index contributed by atoms with van der Waals surface area (Å²) in [5.41, 5.74) is -0.161. The van der Waals surface area contributed by atoms with Crippen LogP contribution in [0.2, 0.25) is 5.02 Å². The van der Waals surface area contributed by atoms with Crippen molar-refractivity contribution in [1.82, 2.24) is 4.90 Å². The molecule has 0 saturated carbocycles. The van der Waals surface area contributed by atoms with Crippen molar-refractivity contribution in [3.8, 4) is 0 Å². The molecular weight excluding hydrogens is 280 g/mol. The SMILES string of the molecule is O=C(O)C1CCN(C(=O)c2cc(F)c(F)cc2Cl)C1. The highest BCUT2D eigenvalue weighted by molar-refractivity contribution is 6.33. The molecule has 1 aliphatic heterocycles. The molecule has 4 nitrogen and oxygen atoms in total. The Morgan fingerprint density at radius 2 is 1.95 bits per heavy atom. The van der Waals surface area contributed by atoms with E-state index >= 15 is 0 Å². The highest BCUT2D eigenvalue weighted by Crippen LogP contribution is 2.24. The minimum absolute atomic E-state index is 0.0451. The fourth-order valence-electron chi connectivity index (χ4n) is 2.00. The lowest BCUT2D eigenvalue weighted by molar-refractivity contribution is -0.141. The van der Waals surface area contributed by atoms with Gasteiger partial charge in [0.05, 0.1) is 16.5 Å². The number of carbonyl (C=O) groups excluding carboxylic acids is 1. The van der Waals surface area contributed by atoms with E-state index < -0.39 is 29.4 Å². The number of aliphatic carboxylic acids is 1. The molecule has 1 aromatic carbocycles. The molecule has 19 heavy (non-hydrogen) atoms. The Kier molecular flexibility index (Phi) is 3.71. The molecule has 7 heteroatoms. The Morgan fingerprint density at radius 1 is 1.32 bits per heavy atom. The Balaban J connectivity index is 2.22. The second-order valence-electron chi connectivity index (χ2n) is 4.32. The van der Waals surface area contributed by atoms with Crippen molar-refractivity contribution in [1.29, 1.82) is 0 Å². The molecule has 1 fully saturated rings. The van der Waals surface area contributed by atoms with E-state index in [1.165, 1.54) is 4.90 Å². The first kappa shape index (κ1) is 13.7. The molecule has 1 aliphatic rings. The summed E-state index contributed by atoms with van der Waals surface area (Å²) >= 11 is 5.70. The predicted octanol–water partition coefficient (Wildman–Crippen LogP) is 2.16. The minimum atomic E-state index is -1.17. The summed E-state index contributed by atoms with van der Waals surface area (Å²) in [4.78, 5) is 24.1. The first-order valence-corrected chi connectivity index (χ1v) is 5.94. The number of carboxylic acid groups (broad SMARTS) is 1. The number of nitrogens with zero attached hydrogens (tertiary/aromatic N) is 1. The van der Waals surface area contributed by atoms with Crippen LogP contribution in [0.4, 0.5) is 8.78 Å². The second-order valence-corrected chi connectivity index (χ2v) is 4.73. The summed E-state index contributed by atoms with van der Waals surface area (Å²) in [6.45, 7) is 0.300. The third-order valence-corrected chi connectivity index (χ3v) is 3.38. The summed E-state index contributed by atoms with van der Waals surface area (Å²) in [6, 6.07) is 1.46. The van der Waals surface area contributed by atoms with E-state index in [4.69, 9.17) is 16.7 Å². The molecule has 0 radical (unpaired) electrons. The molecule has 0 aliphatic carbocycles. The molecule has 1 aromatic rings. The van der Waals surface area contributed by atoms with E-state index in [-0.39, 0.29) is 23.7 Å². The zero-order valence-corrected chi connectivity index (χ0v) is 10.5. The average molecular weight is 290 g/mol. The number of hydrogen-bond donors (Lipinski definition) is 1. The van der Waals surface area contributed by atoms with Crippen LogP contribution in [0.3, 0.4) is 0 Å². The molecule has 2 rings (SSSR count). The van der Waals surface area contributed by atoms with E-state index in [1.807, 2.05) is 0 Å². The van der Waals surface area contributed by atoms with Gasteiger partial charge in [-0.3, -0.25) is 9.59 Å². The molecule has 1 N–H and O–H groups in total. The number of carbonyl (C=O) groups is 2. The number of halogens is 3. The summed E-state index contributed by atoms with van der Waals surface area (Å²) in [7, 11) is 0. The summed E-state index contributed by atoms with van der Waals surface area (Å²) in [5.74, 6) is -4.50. The van der Waals surface area contributed by atoms with E-state index in [1.54, 1.807) is 0 Å². The van der Waals surface area contributed by atoms with Gasteiger partial charge in [-0.25, -0.2) is 8.78 Å². The first-order valence-electron chi connectivity index (χ1n) is 5.56. The molecule has 0 spiro atoms. The van der Waals surface area contributed by atoms with Gasteiger partial charge in [-0.15, -0.1) is 0 Å². The maximum Gasteiger partial charge on any atom is 0.308 e. The van der Waals surface area contributed by atoms with E-state index in [2.05, 4.69) is 0 Å². The molecule has 1 saturated heterocycles. The number of amides is 1. The van der Waals surface area contributed by atoms with Gasteiger partial charge in [0, 0.05) is 13.1 Å². The summed E-state index contributed by atoms with van der Waals surface area (Å²) in [5, 5.41) is 8.65. The van der Waals surface area contributed by atoms with Crippen LogP contribution in [0.25, 0.3) is 0 Å². The van der Waals surface area contributed by atoms with Crippen molar-refractivity contribution < 1.29 is 23.5 Å².